The minimum Gasteiger partial charge on any atom is -0.301 e. The number of hydrogen-bond donors (Lipinski definition) is 1. The largest absolute Gasteiger partial charge is 0.301 e. The van der Waals surface area contributed by atoms with Gasteiger partial charge in [0.1, 0.15) is 12.1 Å². The zero-order valence-corrected chi connectivity index (χ0v) is 18.6. The van der Waals surface area contributed by atoms with Gasteiger partial charge in [-0.3, -0.25) is 9.36 Å². The van der Waals surface area contributed by atoms with E-state index in [0.717, 1.165) is 16.1 Å². The minimum atomic E-state index is -0.217. The van der Waals surface area contributed by atoms with Gasteiger partial charge in [-0.05, 0) is 43.2 Å². The first-order chi connectivity index (χ1) is 15.0. The molecule has 0 radical (unpaired) electrons. The Kier molecular flexibility index (Phi) is 6.43. The minimum absolute atomic E-state index is 0.175. The lowest BCUT2D eigenvalue weighted by Crippen LogP contribution is -2.14. The van der Waals surface area contributed by atoms with E-state index >= 15 is 0 Å². The smallest absolute Gasteiger partial charge is 0.236 e. The number of carbonyl (C=O) groups excluding carboxylic acids is 1. The normalized spacial score (nSPS) is 10.9. The van der Waals surface area contributed by atoms with Gasteiger partial charge in [-0.1, -0.05) is 41.6 Å². The molecule has 0 atom stereocenters. The van der Waals surface area contributed by atoms with Gasteiger partial charge in [0.15, 0.2) is 10.3 Å². The number of thiazole rings is 1. The van der Waals surface area contributed by atoms with Gasteiger partial charge in [0.25, 0.3) is 0 Å². The van der Waals surface area contributed by atoms with Gasteiger partial charge in [0.05, 0.1) is 5.75 Å². The van der Waals surface area contributed by atoms with Gasteiger partial charge >= 0.3 is 0 Å². The van der Waals surface area contributed by atoms with Crippen LogP contribution in [0.15, 0.2) is 60.1 Å². The molecule has 6 nitrogen and oxygen atoms in total. The fourth-order valence-electron chi connectivity index (χ4n) is 2.89. The van der Waals surface area contributed by atoms with Crippen molar-refractivity contribution in [1.29, 1.82) is 0 Å². The van der Waals surface area contributed by atoms with Gasteiger partial charge in [0.2, 0.25) is 5.91 Å². The van der Waals surface area contributed by atoms with E-state index < -0.39 is 0 Å². The molecule has 0 saturated heterocycles. The summed E-state index contributed by atoms with van der Waals surface area (Å²) in [6.45, 7) is 3.76. The number of anilines is 1. The number of benzene rings is 2. The first-order valence-corrected chi connectivity index (χ1v) is 11.4. The monoisotopic (exact) mass is 453 g/mol. The van der Waals surface area contributed by atoms with Crippen molar-refractivity contribution in [2.75, 3.05) is 11.1 Å². The summed E-state index contributed by atoms with van der Waals surface area (Å²) in [7, 11) is 0. The Morgan fingerprint density at radius 3 is 2.77 bits per heavy atom. The summed E-state index contributed by atoms with van der Waals surface area (Å²) < 4.78 is 15.6. The van der Waals surface area contributed by atoms with Crippen molar-refractivity contribution in [3.63, 3.8) is 0 Å². The third kappa shape index (κ3) is 5.36. The molecule has 2 heterocycles. The molecule has 0 fully saturated rings. The average Bonchev–Trinajstić information content (AvgIpc) is 3.39. The first-order valence-electron chi connectivity index (χ1n) is 9.57. The molecule has 0 aliphatic heterocycles. The molecule has 158 valence electrons. The molecule has 0 aliphatic rings. The fourth-order valence-corrected chi connectivity index (χ4v) is 4.48. The van der Waals surface area contributed by atoms with E-state index in [9.17, 15) is 9.18 Å². The second-order valence-electron chi connectivity index (χ2n) is 7.05. The predicted molar refractivity (Wildman–Crippen MR) is 122 cm³/mol. The maximum absolute atomic E-state index is 13.7. The van der Waals surface area contributed by atoms with Crippen LogP contribution in [0, 0.1) is 19.7 Å². The summed E-state index contributed by atoms with van der Waals surface area (Å²) in [6, 6.07) is 13.2. The molecule has 9 heteroatoms. The van der Waals surface area contributed by atoms with Crippen LogP contribution in [-0.4, -0.2) is 31.4 Å². The molecular formula is C22H20FN5OS2. The summed E-state index contributed by atoms with van der Waals surface area (Å²) in [5.41, 5.74) is 3.60. The molecular weight excluding hydrogens is 433 g/mol. The van der Waals surface area contributed by atoms with Crippen LogP contribution >= 0.6 is 23.1 Å². The van der Waals surface area contributed by atoms with Crippen molar-refractivity contribution in [3.8, 4) is 5.69 Å². The van der Waals surface area contributed by atoms with Crippen LogP contribution in [0.3, 0.4) is 0 Å². The van der Waals surface area contributed by atoms with Crippen LogP contribution in [0.5, 0.6) is 0 Å². The predicted octanol–water partition coefficient (Wildman–Crippen LogP) is 4.80. The molecule has 4 aromatic rings. The van der Waals surface area contributed by atoms with Crippen molar-refractivity contribution >= 4 is 34.1 Å². The highest BCUT2D eigenvalue weighted by Crippen LogP contribution is 2.24. The Balaban J connectivity index is 1.33. The van der Waals surface area contributed by atoms with Crippen LogP contribution < -0.4 is 5.32 Å². The Labute approximate surface area is 187 Å². The molecule has 0 unspecified atom stereocenters. The SMILES string of the molecule is Cc1ccc(-n2cnnc2SCC(=O)Nc2ncc(Cc3ccc(C)c(F)c3)s2)cc1. The number of hydrogen-bond acceptors (Lipinski definition) is 6. The number of aromatic nitrogens is 4. The number of thioether (sulfide) groups is 1. The van der Waals surface area contributed by atoms with Crippen molar-refractivity contribution in [1.82, 2.24) is 19.7 Å². The summed E-state index contributed by atoms with van der Waals surface area (Å²) in [5, 5.41) is 12.0. The van der Waals surface area contributed by atoms with Gasteiger partial charge < -0.3 is 5.32 Å². The number of carbonyl (C=O) groups is 1. The second kappa shape index (κ2) is 9.40. The highest BCUT2D eigenvalue weighted by Gasteiger charge is 2.12. The van der Waals surface area contributed by atoms with Crippen molar-refractivity contribution < 1.29 is 9.18 Å². The maximum atomic E-state index is 13.7. The number of nitrogens with one attached hydrogen (secondary N) is 1. The van der Waals surface area contributed by atoms with Crippen LogP contribution in [0.2, 0.25) is 0 Å². The van der Waals surface area contributed by atoms with Crippen molar-refractivity contribution in [2.24, 2.45) is 0 Å². The quantitative estimate of drug-likeness (QED) is 0.407. The molecule has 1 amide bonds. The maximum Gasteiger partial charge on any atom is 0.236 e. The van der Waals surface area contributed by atoms with Crippen LogP contribution in [0.25, 0.3) is 5.69 Å². The van der Waals surface area contributed by atoms with Crippen LogP contribution in [-0.2, 0) is 11.2 Å². The zero-order valence-electron chi connectivity index (χ0n) is 17.0. The lowest BCUT2D eigenvalue weighted by atomic mass is 10.1. The van der Waals surface area contributed by atoms with Gasteiger partial charge in [-0.15, -0.1) is 21.5 Å². The highest BCUT2D eigenvalue weighted by molar-refractivity contribution is 7.99. The molecule has 0 bridgehead atoms. The molecule has 31 heavy (non-hydrogen) atoms. The number of rotatable bonds is 7. The highest BCUT2D eigenvalue weighted by atomic mass is 32.2. The fraction of sp³-hybridized carbons (Fsp3) is 0.182. The first kappa shape index (κ1) is 21.2. The summed E-state index contributed by atoms with van der Waals surface area (Å²) in [4.78, 5) is 17.6. The zero-order chi connectivity index (χ0) is 21.8. The van der Waals surface area contributed by atoms with E-state index in [1.165, 1.54) is 34.7 Å². The Morgan fingerprint density at radius 2 is 2.00 bits per heavy atom. The average molecular weight is 454 g/mol. The number of amides is 1. The van der Waals surface area contributed by atoms with E-state index in [4.69, 9.17) is 0 Å². The second-order valence-corrected chi connectivity index (χ2v) is 9.11. The Morgan fingerprint density at radius 1 is 1.19 bits per heavy atom. The van der Waals surface area contributed by atoms with E-state index in [-0.39, 0.29) is 17.5 Å². The molecule has 2 aromatic heterocycles. The Bertz CT molecular complexity index is 1200. The molecule has 0 spiro atoms. The number of nitrogens with zero attached hydrogens (tertiary/aromatic N) is 4. The number of halogens is 1. The molecule has 2 aromatic carbocycles. The van der Waals surface area contributed by atoms with Crippen LogP contribution in [0.4, 0.5) is 9.52 Å². The molecule has 0 saturated carbocycles. The van der Waals surface area contributed by atoms with Crippen molar-refractivity contribution in [3.05, 3.63) is 82.4 Å². The lowest BCUT2D eigenvalue weighted by Gasteiger charge is -2.06. The molecule has 4 rings (SSSR count). The number of aryl methyl sites for hydroxylation is 2. The summed E-state index contributed by atoms with van der Waals surface area (Å²) in [6.07, 6.45) is 3.91. The lowest BCUT2D eigenvalue weighted by molar-refractivity contribution is -0.113. The third-order valence-electron chi connectivity index (χ3n) is 4.58. The summed E-state index contributed by atoms with van der Waals surface area (Å²) in [5.74, 6) is -0.209. The van der Waals surface area contributed by atoms with Gasteiger partial charge in [-0.25, -0.2) is 9.37 Å². The van der Waals surface area contributed by atoms with Crippen molar-refractivity contribution in [2.45, 2.75) is 25.4 Å². The molecule has 1 N–H and O–H groups in total. The van der Waals surface area contributed by atoms with E-state index in [2.05, 4.69) is 20.5 Å². The Hall–Kier alpha value is -3.04. The summed E-state index contributed by atoms with van der Waals surface area (Å²) >= 11 is 2.69. The van der Waals surface area contributed by atoms with Gasteiger partial charge in [-0.2, -0.15) is 0 Å². The van der Waals surface area contributed by atoms with E-state index in [0.29, 0.717) is 22.3 Å². The third-order valence-corrected chi connectivity index (χ3v) is 6.43. The van der Waals surface area contributed by atoms with E-state index in [1.807, 2.05) is 41.8 Å². The topological polar surface area (TPSA) is 72.7 Å². The standard InChI is InChI=1S/C22H20FN5OS2/c1-14-3-7-17(8-4-14)28-13-25-27-22(28)30-12-20(29)26-21-24-11-18(31-21)9-16-6-5-15(2)19(23)10-16/h3-8,10-11,13H,9,12H2,1-2H3,(H,24,26,29). The molecule has 0 aliphatic carbocycles. The van der Waals surface area contributed by atoms with Crippen LogP contribution in [0.1, 0.15) is 21.6 Å². The van der Waals surface area contributed by atoms with E-state index in [1.54, 1.807) is 25.5 Å². The van der Waals surface area contributed by atoms with Gasteiger partial charge in [0, 0.05) is 23.2 Å².